The van der Waals surface area contributed by atoms with Crippen molar-refractivity contribution < 1.29 is 9.53 Å². The number of carbonyl (C=O) groups is 1. The third-order valence-corrected chi connectivity index (χ3v) is 3.21. The van der Waals surface area contributed by atoms with E-state index in [4.69, 9.17) is 10.00 Å². The zero-order valence-corrected chi connectivity index (χ0v) is 12.0. The number of nitrogens with one attached hydrogen (secondary N) is 1. The van der Waals surface area contributed by atoms with Crippen molar-refractivity contribution in [2.75, 3.05) is 12.4 Å². The first-order chi connectivity index (χ1) is 10.1. The number of esters is 1. The van der Waals surface area contributed by atoms with Crippen LogP contribution in [0.1, 0.15) is 27.0 Å². The van der Waals surface area contributed by atoms with Crippen LogP contribution in [-0.2, 0) is 11.3 Å². The van der Waals surface area contributed by atoms with Gasteiger partial charge in [0.25, 0.3) is 0 Å². The first-order valence-electron chi connectivity index (χ1n) is 6.56. The summed E-state index contributed by atoms with van der Waals surface area (Å²) < 4.78 is 4.70. The van der Waals surface area contributed by atoms with E-state index in [1.807, 2.05) is 25.1 Å². The second-order valence-electron chi connectivity index (χ2n) is 4.68. The quantitative estimate of drug-likeness (QED) is 0.873. The van der Waals surface area contributed by atoms with Crippen molar-refractivity contribution in [3.8, 4) is 6.07 Å². The lowest BCUT2D eigenvalue weighted by molar-refractivity contribution is 0.0600. The van der Waals surface area contributed by atoms with Crippen LogP contribution in [-0.4, -0.2) is 13.1 Å². The van der Waals surface area contributed by atoms with Gasteiger partial charge in [-0.3, -0.25) is 0 Å². The normalized spacial score (nSPS) is 9.76. The highest BCUT2D eigenvalue weighted by Crippen LogP contribution is 2.18. The fourth-order valence-corrected chi connectivity index (χ4v) is 2.00. The zero-order valence-electron chi connectivity index (χ0n) is 12.0. The highest BCUT2D eigenvalue weighted by Gasteiger charge is 2.07. The van der Waals surface area contributed by atoms with Crippen LogP contribution in [0.3, 0.4) is 0 Å². The summed E-state index contributed by atoms with van der Waals surface area (Å²) in [5, 5.41) is 12.1. The number of hydrogen-bond acceptors (Lipinski definition) is 4. The number of ether oxygens (including phenoxy) is 1. The molecule has 0 aliphatic heterocycles. The van der Waals surface area contributed by atoms with Crippen LogP contribution in [0.5, 0.6) is 0 Å². The first kappa shape index (κ1) is 14.6. The van der Waals surface area contributed by atoms with Crippen molar-refractivity contribution in [3.63, 3.8) is 0 Å². The van der Waals surface area contributed by atoms with Gasteiger partial charge in [-0.1, -0.05) is 12.1 Å². The molecule has 0 saturated heterocycles. The Hall–Kier alpha value is -2.80. The van der Waals surface area contributed by atoms with Gasteiger partial charge in [0.2, 0.25) is 0 Å². The number of aryl methyl sites for hydroxylation is 1. The summed E-state index contributed by atoms with van der Waals surface area (Å²) in [6, 6.07) is 14.9. The number of hydrogen-bond donors (Lipinski definition) is 1. The number of carbonyl (C=O) groups excluding carboxylic acids is 1. The maximum Gasteiger partial charge on any atom is 0.337 e. The van der Waals surface area contributed by atoms with E-state index in [0.29, 0.717) is 17.7 Å². The van der Waals surface area contributed by atoms with Crippen LogP contribution in [0, 0.1) is 18.3 Å². The van der Waals surface area contributed by atoms with E-state index >= 15 is 0 Å². The molecule has 0 unspecified atom stereocenters. The molecule has 0 aliphatic carbocycles. The van der Waals surface area contributed by atoms with Crippen LogP contribution in [0.15, 0.2) is 42.5 Å². The molecule has 0 fully saturated rings. The molecule has 2 rings (SSSR count). The Labute approximate surface area is 124 Å². The fraction of sp³-hybridized carbons (Fsp3) is 0.176. The van der Waals surface area contributed by atoms with Gasteiger partial charge in [0.05, 0.1) is 24.3 Å². The number of benzene rings is 2. The predicted molar refractivity (Wildman–Crippen MR) is 81.0 cm³/mol. The summed E-state index contributed by atoms with van der Waals surface area (Å²) in [6.07, 6.45) is 0. The largest absolute Gasteiger partial charge is 0.465 e. The highest BCUT2D eigenvalue weighted by atomic mass is 16.5. The minimum atomic E-state index is -0.336. The van der Waals surface area contributed by atoms with Crippen LogP contribution >= 0.6 is 0 Å². The van der Waals surface area contributed by atoms with Gasteiger partial charge in [0.1, 0.15) is 0 Å². The Morgan fingerprint density at radius 2 is 1.95 bits per heavy atom. The maximum absolute atomic E-state index is 11.4. The van der Waals surface area contributed by atoms with Gasteiger partial charge in [0, 0.05) is 12.2 Å². The average Bonchev–Trinajstić information content (AvgIpc) is 2.53. The molecule has 106 valence electrons. The predicted octanol–water partition coefficient (Wildman–Crippen LogP) is 3.27. The summed E-state index contributed by atoms with van der Waals surface area (Å²) in [7, 11) is 1.37. The molecule has 0 bridgehead atoms. The molecule has 0 radical (unpaired) electrons. The molecule has 4 nitrogen and oxygen atoms in total. The SMILES string of the molecule is COC(=O)c1ccc(NCc2ccc(C#N)cc2)c(C)c1. The lowest BCUT2D eigenvalue weighted by Crippen LogP contribution is -2.04. The molecule has 0 aliphatic rings. The fourth-order valence-electron chi connectivity index (χ4n) is 2.00. The van der Waals surface area contributed by atoms with E-state index in [-0.39, 0.29) is 5.97 Å². The van der Waals surface area contributed by atoms with Crippen molar-refractivity contribution in [1.29, 1.82) is 5.26 Å². The third-order valence-electron chi connectivity index (χ3n) is 3.21. The van der Waals surface area contributed by atoms with E-state index in [1.54, 1.807) is 24.3 Å². The molecule has 21 heavy (non-hydrogen) atoms. The van der Waals surface area contributed by atoms with Crippen LogP contribution in [0.4, 0.5) is 5.69 Å². The van der Waals surface area contributed by atoms with Crippen molar-refractivity contribution in [2.45, 2.75) is 13.5 Å². The average molecular weight is 280 g/mol. The first-order valence-corrected chi connectivity index (χ1v) is 6.56. The van der Waals surface area contributed by atoms with Crippen LogP contribution in [0.25, 0.3) is 0 Å². The molecule has 1 N–H and O–H groups in total. The number of anilines is 1. The Kier molecular flexibility index (Phi) is 4.57. The van der Waals surface area contributed by atoms with Gasteiger partial charge in [0.15, 0.2) is 0 Å². The molecular weight excluding hydrogens is 264 g/mol. The molecule has 2 aromatic rings. The standard InChI is InChI=1S/C17H16N2O2/c1-12-9-15(17(20)21-2)7-8-16(12)19-11-14-5-3-13(10-18)4-6-14/h3-9,19H,11H2,1-2H3. The summed E-state index contributed by atoms with van der Waals surface area (Å²) in [6.45, 7) is 2.59. The zero-order chi connectivity index (χ0) is 15.2. The molecule has 0 amide bonds. The van der Waals surface area contributed by atoms with Crippen molar-refractivity contribution in [1.82, 2.24) is 0 Å². The Bertz CT molecular complexity index is 685. The van der Waals surface area contributed by atoms with E-state index in [1.165, 1.54) is 7.11 Å². The molecule has 4 heteroatoms. The Morgan fingerprint density at radius 3 is 2.52 bits per heavy atom. The van der Waals surface area contributed by atoms with Gasteiger partial charge in [-0.05, 0) is 48.4 Å². The second kappa shape index (κ2) is 6.58. The van der Waals surface area contributed by atoms with Crippen molar-refractivity contribution in [3.05, 3.63) is 64.7 Å². The number of nitrogens with zero attached hydrogens (tertiary/aromatic N) is 1. The third kappa shape index (κ3) is 3.61. The van der Waals surface area contributed by atoms with Gasteiger partial charge < -0.3 is 10.1 Å². The summed E-state index contributed by atoms with van der Waals surface area (Å²) in [5.41, 5.74) is 4.22. The van der Waals surface area contributed by atoms with E-state index in [2.05, 4.69) is 11.4 Å². The molecular formula is C17H16N2O2. The van der Waals surface area contributed by atoms with Gasteiger partial charge in [-0.15, -0.1) is 0 Å². The van der Waals surface area contributed by atoms with Gasteiger partial charge in [-0.25, -0.2) is 4.79 Å². The second-order valence-corrected chi connectivity index (χ2v) is 4.68. The summed E-state index contributed by atoms with van der Waals surface area (Å²) in [5.74, 6) is -0.336. The lowest BCUT2D eigenvalue weighted by Gasteiger charge is -2.11. The van der Waals surface area contributed by atoms with Crippen molar-refractivity contribution in [2.24, 2.45) is 0 Å². The Balaban J connectivity index is 2.06. The molecule has 0 spiro atoms. The highest BCUT2D eigenvalue weighted by molar-refractivity contribution is 5.90. The van der Waals surface area contributed by atoms with E-state index < -0.39 is 0 Å². The van der Waals surface area contributed by atoms with E-state index in [0.717, 1.165) is 16.8 Å². The molecule has 0 heterocycles. The monoisotopic (exact) mass is 280 g/mol. The number of methoxy groups -OCH3 is 1. The maximum atomic E-state index is 11.4. The van der Waals surface area contributed by atoms with Crippen molar-refractivity contribution >= 4 is 11.7 Å². The summed E-state index contributed by atoms with van der Waals surface area (Å²) >= 11 is 0. The van der Waals surface area contributed by atoms with Gasteiger partial charge in [-0.2, -0.15) is 5.26 Å². The molecule has 0 aromatic heterocycles. The Morgan fingerprint density at radius 1 is 1.24 bits per heavy atom. The minimum Gasteiger partial charge on any atom is -0.465 e. The molecule has 0 saturated carbocycles. The summed E-state index contributed by atoms with van der Waals surface area (Å²) in [4.78, 5) is 11.4. The topological polar surface area (TPSA) is 62.1 Å². The smallest absolute Gasteiger partial charge is 0.337 e. The van der Waals surface area contributed by atoms with Gasteiger partial charge >= 0.3 is 5.97 Å². The number of nitriles is 1. The van der Waals surface area contributed by atoms with Crippen LogP contribution in [0.2, 0.25) is 0 Å². The van der Waals surface area contributed by atoms with E-state index in [9.17, 15) is 4.79 Å². The lowest BCUT2D eigenvalue weighted by atomic mass is 10.1. The van der Waals surface area contributed by atoms with Crippen LogP contribution < -0.4 is 5.32 Å². The number of rotatable bonds is 4. The molecule has 2 aromatic carbocycles. The minimum absolute atomic E-state index is 0.336. The molecule has 0 atom stereocenters.